The standard InChI is InChI=1S/C18H29N3O2S2/c1-14(17-8-5-10-24-17)20-18(21-16-6-3-2-4-7-16)19-12-15-9-11-25(22,23)13-15/h5,8,10,14-16H,2-4,6-7,9,11-13H2,1H3,(H2,19,20,21). The Bertz CT molecular complexity index is 665. The fourth-order valence-electron chi connectivity index (χ4n) is 3.62. The van der Waals surface area contributed by atoms with Crippen LogP contribution in [0.4, 0.5) is 0 Å². The molecule has 1 saturated carbocycles. The third-order valence-electron chi connectivity index (χ3n) is 5.10. The van der Waals surface area contributed by atoms with E-state index >= 15 is 0 Å². The highest BCUT2D eigenvalue weighted by Gasteiger charge is 2.27. The Morgan fingerprint density at radius 3 is 2.76 bits per heavy atom. The Morgan fingerprint density at radius 1 is 1.32 bits per heavy atom. The first-order chi connectivity index (χ1) is 12.0. The van der Waals surface area contributed by atoms with Crippen LogP contribution in [0.25, 0.3) is 0 Å². The summed E-state index contributed by atoms with van der Waals surface area (Å²) < 4.78 is 23.3. The smallest absolute Gasteiger partial charge is 0.191 e. The Kier molecular flexibility index (Phi) is 6.39. The van der Waals surface area contributed by atoms with E-state index in [9.17, 15) is 8.42 Å². The van der Waals surface area contributed by atoms with Crippen LogP contribution in [0.1, 0.15) is 56.4 Å². The molecule has 5 nitrogen and oxygen atoms in total. The maximum atomic E-state index is 11.7. The van der Waals surface area contributed by atoms with Gasteiger partial charge >= 0.3 is 0 Å². The van der Waals surface area contributed by atoms with Gasteiger partial charge in [-0.1, -0.05) is 25.3 Å². The number of aliphatic imine (C=N–C) groups is 1. The molecule has 2 fully saturated rings. The average Bonchev–Trinajstić information content (AvgIpc) is 3.23. The molecule has 0 bridgehead atoms. The van der Waals surface area contributed by atoms with Crippen molar-refractivity contribution < 1.29 is 8.42 Å². The molecule has 2 heterocycles. The second-order valence-electron chi connectivity index (χ2n) is 7.32. The quantitative estimate of drug-likeness (QED) is 0.605. The molecule has 1 aromatic heterocycles. The van der Waals surface area contributed by atoms with Crippen molar-refractivity contribution in [2.24, 2.45) is 10.9 Å². The van der Waals surface area contributed by atoms with E-state index in [4.69, 9.17) is 4.99 Å². The van der Waals surface area contributed by atoms with Gasteiger partial charge in [-0.25, -0.2) is 8.42 Å². The van der Waals surface area contributed by atoms with Crippen LogP contribution in [-0.2, 0) is 9.84 Å². The maximum absolute atomic E-state index is 11.7. The summed E-state index contributed by atoms with van der Waals surface area (Å²) in [7, 11) is -2.84. The van der Waals surface area contributed by atoms with Gasteiger partial charge in [0.2, 0.25) is 0 Å². The van der Waals surface area contributed by atoms with Crippen molar-refractivity contribution in [2.75, 3.05) is 18.1 Å². The molecule has 1 aromatic rings. The zero-order chi connectivity index (χ0) is 17.7. The molecule has 0 radical (unpaired) electrons. The number of hydrogen-bond acceptors (Lipinski definition) is 4. The second-order valence-corrected chi connectivity index (χ2v) is 10.5. The summed E-state index contributed by atoms with van der Waals surface area (Å²) in [6.45, 7) is 2.72. The number of thiophene rings is 1. The van der Waals surface area contributed by atoms with Crippen LogP contribution in [0, 0.1) is 5.92 Å². The van der Waals surface area contributed by atoms with E-state index in [2.05, 4.69) is 35.1 Å². The van der Waals surface area contributed by atoms with Crippen LogP contribution in [-0.4, -0.2) is 38.5 Å². The summed E-state index contributed by atoms with van der Waals surface area (Å²) >= 11 is 1.74. The van der Waals surface area contributed by atoms with Gasteiger partial charge in [0.15, 0.2) is 15.8 Å². The van der Waals surface area contributed by atoms with Crippen molar-refractivity contribution in [2.45, 2.75) is 57.5 Å². The third kappa shape index (κ3) is 5.71. The van der Waals surface area contributed by atoms with E-state index < -0.39 is 9.84 Å². The van der Waals surface area contributed by atoms with Gasteiger partial charge < -0.3 is 10.6 Å². The molecule has 25 heavy (non-hydrogen) atoms. The SMILES string of the molecule is CC(NC(=NCC1CCS(=O)(=O)C1)NC1CCCCC1)c1cccs1. The highest BCUT2D eigenvalue weighted by molar-refractivity contribution is 7.91. The van der Waals surface area contributed by atoms with E-state index in [1.807, 2.05) is 0 Å². The van der Waals surface area contributed by atoms with Crippen LogP contribution in [0.2, 0.25) is 0 Å². The zero-order valence-electron chi connectivity index (χ0n) is 14.9. The molecule has 0 spiro atoms. The normalized spacial score (nSPS) is 25.6. The van der Waals surface area contributed by atoms with Crippen LogP contribution in [0.15, 0.2) is 22.5 Å². The summed E-state index contributed by atoms with van der Waals surface area (Å²) in [5.41, 5.74) is 0. The van der Waals surface area contributed by atoms with Crippen molar-refractivity contribution >= 4 is 27.1 Å². The minimum atomic E-state index is -2.84. The lowest BCUT2D eigenvalue weighted by atomic mass is 9.96. The number of sulfone groups is 1. The fourth-order valence-corrected chi connectivity index (χ4v) is 6.21. The first kappa shape index (κ1) is 18.7. The summed E-state index contributed by atoms with van der Waals surface area (Å²) in [5.74, 6) is 1.59. The molecule has 140 valence electrons. The van der Waals surface area contributed by atoms with Gasteiger partial charge in [-0.3, -0.25) is 4.99 Å². The van der Waals surface area contributed by atoms with E-state index in [0.717, 1.165) is 12.4 Å². The summed E-state index contributed by atoms with van der Waals surface area (Å²) in [5, 5.41) is 9.18. The molecule has 7 heteroatoms. The van der Waals surface area contributed by atoms with Crippen LogP contribution in [0.3, 0.4) is 0 Å². The van der Waals surface area contributed by atoms with Gasteiger partial charge in [0, 0.05) is 17.5 Å². The highest BCUT2D eigenvalue weighted by atomic mass is 32.2. The predicted molar refractivity (Wildman–Crippen MR) is 105 cm³/mol. The van der Waals surface area contributed by atoms with Gasteiger partial charge in [-0.05, 0) is 43.6 Å². The highest BCUT2D eigenvalue weighted by Crippen LogP contribution is 2.21. The molecule has 2 N–H and O–H groups in total. The monoisotopic (exact) mass is 383 g/mol. The Balaban J connectivity index is 1.63. The molecule has 2 atom stereocenters. The first-order valence-electron chi connectivity index (χ1n) is 9.33. The number of nitrogens with one attached hydrogen (secondary N) is 2. The molecule has 3 rings (SSSR count). The second kappa shape index (κ2) is 8.54. The molecule has 1 saturated heterocycles. The number of guanidine groups is 1. The number of hydrogen-bond donors (Lipinski definition) is 2. The first-order valence-corrected chi connectivity index (χ1v) is 12.0. The number of rotatable bonds is 5. The van der Waals surface area contributed by atoms with Gasteiger partial charge in [-0.15, -0.1) is 11.3 Å². The Labute approximate surface area is 155 Å². The minimum absolute atomic E-state index is 0.159. The van der Waals surface area contributed by atoms with Crippen molar-refractivity contribution in [1.29, 1.82) is 0 Å². The number of nitrogens with zero attached hydrogens (tertiary/aromatic N) is 1. The molecule has 0 amide bonds. The van der Waals surface area contributed by atoms with E-state index in [1.54, 1.807) is 11.3 Å². The Morgan fingerprint density at radius 2 is 2.12 bits per heavy atom. The van der Waals surface area contributed by atoms with Crippen molar-refractivity contribution in [3.05, 3.63) is 22.4 Å². The van der Waals surface area contributed by atoms with Gasteiger partial charge in [0.1, 0.15) is 0 Å². The lowest BCUT2D eigenvalue weighted by Gasteiger charge is -2.26. The molecular weight excluding hydrogens is 354 g/mol. The maximum Gasteiger partial charge on any atom is 0.191 e. The summed E-state index contributed by atoms with van der Waals surface area (Å²) in [6, 6.07) is 4.86. The summed E-state index contributed by atoms with van der Waals surface area (Å²) in [4.78, 5) is 6.03. The lowest BCUT2D eigenvalue weighted by Crippen LogP contribution is -2.45. The predicted octanol–water partition coefficient (Wildman–Crippen LogP) is 3.11. The molecule has 2 unspecified atom stereocenters. The van der Waals surface area contributed by atoms with Crippen LogP contribution < -0.4 is 10.6 Å². The topological polar surface area (TPSA) is 70.6 Å². The van der Waals surface area contributed by atoms with Gasteiger partial charge in [-0.2, -0.15) is 0 Å². The van der Waals surface area contributed by atoms with Crippen molar-refractivity contribution in [3.63, 3.8) is 0 Å². The van der Waals surface area contributed by atoms with Gasteiger partial charge in [0.05, 0.1) is 17.5 Å². The summed E-state index contributed by atoms with van der Waals surface area (Å²) in [6.07, 6.45) is 6.98. The van der Waals surface area contributed by atoms with Crippen molar-refractivity contribution in [1.82, 2.24) is 10.6 Å². The lowest BCUT2D eigenvalue weighted by molar-refractivity contribution is 0.408. The van der Waals surface area contributed by atoms with E-state index in [0.29, 0.717) is 18.3 Å². The van der Waals surface area contributed by atoms with Crippen molar-refractivity contribution in [3.8, 4) is 0 Å². The molecule has 1 aliphatic heterocycles. The minimum Gasteiger partial charge on any atom is -0.354 e. The molecule has 1 aliphatic carbocycles. The fraction of sp³-hybridized carbons (Fsp3) is 0.722. The van der Waals surface area contributed by atoms with Crippen LogP contribution in [0.5, 0.6) is 0 Å². The average molecular weight is 384 g/mol. The zero-order valence-corrected chi connectivity index (χ0v) is 16.5. The van der Waals surface area contributed by atoms with E-state index in [-0.39, 0.29) is 17.7 Å². The van der Waals surface area contributed by atoms with Gasteiger partial charge in [0.25, 0.3) is 0 Å². The Hall–Kier alpha value is -1.08. The van der Waals surface area contributed by atoms with E-state index in [1.165, 1.54) is 37.0 Å². The van der Waals surface area contributed by atoms with Crippen LogP contribution >= 0.6 is 11.3 Å². The molecule has 2 aliphatic rings. The third-order valence-corrected chi connectivity index (χ3v) is 8.00. The largest absolute Gasteiger partial charge is 0.354 e. The molecule has 0 aromatic carbocycles. The molecular formula is C18H29N3O2S2.